The summed E-state index contributed by atoms with van der Waals surface area (Å²) >= 11 is 0. The molecule has 1 aliphatic heterocycles. The highest BCUT2D eigenvalue weighted by Crippen LogP contribution is 2.22. The third-order valence-electron chi connectivity index (χ3n) is 2.90. The van der Waals surface area contributed by atoms with Crippen LogP contribution in [0.25, 0.3) is 0 Å². The Morgan fingerprint density at radius 1 is 1.56 bits per heavy atom. The van der Waals surface area contributed by atoms with Gasteiger partial charge in [-0.3, -0.25) is 4.79 Å². The summed E-state index contributed by atoms with van der Waals surface area (Å²) in [6.07, 6.45) is 1.98. The zero-order valence-corrected chi connectivity index (χ0v) is 9.90. The van der Waals surface area contributed by atoms with Crippen LogP contribution in [-0.4, -0.2) is 34.5 Å². The van der Waals surface area contributed by atoms with Gasteiger partial charge in [-0.1, -0.05) is 12.5 Å². The van der Waals surface area contributed by atoms with Crippen molar-refractivity contribution in [2.24, 2.45) is 5.92 Å². The lowest BCUT2D eigenvalue weighted by molar-refractivity contribution is -0.149. The van der Waals surface area contributed by atoms with Gasteiger partial charge in [-0.25, -0.2) is 4.79 Å². The first-order valence-corrected chi connectivity index (χ1v) is 5.61. The fraction of sp³-hybridized carbons (Fsp3) is 0.667. The number of nitrogens with zero attached hydrogens (tertiary/aromatic N) is 1. The zero-order valence-electron chi connectivity index (χ0n) is 9.90. The van der Waals surface area contributed by atoms with Crippen molar-refractivity contribution >= 4 is 11.9 Å². The van der Waals surface area contributed by atoms with Crippen molar-refractivity contribution in [3.05, 3.63) is 12.2 Å². The molecule has 1 N–H and O–H groups in total. The minimum absolute atomic E-state index is 0.0621. The number of hydrogen-bond donors (Lipinski definition) is 1. The number of rotatable bonds is 4. The molecular weight excluding hydrogens is 206 g/mol. The van der Waals surface area contributed by atoms with Crippen LogP contribution in [0.5, 0.6) is 0 Å². The van der Waals surface area contributed by atoms with Crippen molar-refractivity contribution in [3.8, 4) is 0 Å². The number of carbonyl (C=O) groups excluding carboxylic acids is 1. The molecule has 2 atom stereocenters. The standard InChI is InChI=1S/C12H19NO3/c1-8(2)7-9(3)11(14)13-6-4-5-10(13)12(15)16/h9-10H,1,4-7H2,2-3H3,(H,15,16)/t9?,10-/m1/s1. The summed E-state index contributed by atoms with van der Waals surface area (Å²) in [7, 11) is 0. The Hall–Kier alpha value is -1.32. The molecule has 16 heavy (non-hydrogen) atoms. The molecule has 0 spiro atoms. The first-order chi connectivity index (χ1) is 7.43. The Kier molecular flexibility index (Phi) is 4.10. The number of hydrogen-bond acceptors (Lipinski definition) is 2. The summed E-state index contributed by atoms with van der Waals surface area (Å²) in [4.78, 5) is 24.5. The number of carboxylic acids is 1. The lowest BCUT2D eigenvalue weighted by Gasteiger charge is -2.24. The van der Waals surface area contributed by atoms with E-state index in [1.54, 1.807) is 0 Å². The third kappa shape index (κ3) is 2.84. The van der Waals surface area contributed by atoms with Gasteiger partial charge in [0.15, 0.2) is 0 Å². The highest BCUT2D eigenvalue weighted by molar-refractivity contribution is 5.85. The highest BCUT2D eigenvalue weighted by atomic mass is 16.4. The molecule has 0 aliphatic carbocycles. The monoisotopic (exact) mass is 225 g/mol. The van der Waals surface area contributed by atoms with E-state index in [-0.39, 0.29) is 11.8 Å². The summed E-state index contributed by atoms with van der Waals surface area (Å²) in [6.45, 7) is 8.04. The summed E-state index contributed by atoms with van der Waals surface area (Å²) in [5.74, 6) is -1.13. The van der Waals surface area contributed by atoms with Crippen LogP contribution in [-0.2, 0) is 9.59 Å². The summed E-state index contributed by atoms with van der Waals surface area (Å²) in [5, 5.41) is 8.98. The number of carboxylic acid groups (broad SMARTS) is 1. The van der Waals surface area contributed by atoms with Crippen LogP contribution in [0.15, 0.2) is 12.2 Å². The Balaban J connectivity index is 2.65. The molecule has 0 bridgehead atoms. The predicted octanol–water partition coefficient (Wildman–Crippen LogP) is 1.66. The Morgan fingerprint density at radius 2 is 2.19 bits per heavy atom. The van der Waals surface area contributed by atoms with Gasteiger partial charge in [0.1, 0.15) is 6.04 Å². The van der Waals surface area contributed by atoms with Gasteiger partial charge in [-0.15, -0.1) is 6.58 Å². The van der Waals surface area contributed by atoms with Crippen molar-refractivity contribution in [1.82, 2.24) is 4.90 Å². The van der Waals surface area contributed by atoms with E-state index in [0.717, 1.165) is 12.0 Å². The first kappa shape index (κ1) is 12.7. The molecule has 0 radical (unpaired) electrons. The van der Waals surface area contributed by atoms with E-state index in [1.807, 2.05) is 13.8 Å². The number of likely N-dealkylation sites (tertiary alicyclic amines) is 1. The molecule has 0 aromatic heterocycles. The fourth-order valence-corrected chi connectivity index (χ4v) is 2.18. The first-order valence-electron chi connectivity index (χ1n) is 5.61. The van der Waals surface area contributed by atoms with Crippen LogP contribution in [0.2, 0.25) is 0 Å². The molecule has 90 valence electrons. The van der Waals surface area contributed by atoms with Gasteiger partial charge in [0.2, 0.25) is 5.91 Å². The van der Waals surface area contributed by atoms with E-state index in [1.165, 1.54) is 4.90 Å². The quantitative estimate of drug-likeness (QED) is 0.740. The van der Waals surface area contributed by atoms with Crippen molar-refractivity contribution in [2.75, 3.05) is 6.54 Å². The van der Waals surface area contributed by atoms with Crippen molar-refractivity contribution in [1.29, 1.82) is 0 Å². The van der Waals surface area contributed by atoms with Gasteiger partial charge in [0.05, 0.1) is 0 Å². The smallest absolute Gasteiger partial charge is 0.326 e. The van der Waals surface area contributed by atoms with E-state index in [2.05, 4.69) is 6.58 Å². The summed E-state index contributed by atoms with van der Waals surface area (Å²) in [6, 6.07) is -0.625. The molecule has 1 unspecified atom stereocenters. The number of carbonyl (C=O) groups is 2. The summed E-state index contributed by atoms with van der Waals surface area (Å²) < 4.78 is 0. The van der Waals surface area contributed by atoms with Crippen molar-refractivity contribution < 1.29 is 14.7 Å². The van der Waals surface area contributed by atoms with E-state index in [4.69, 9.17) is 5.11 Å². The largest absolute Gasteiger partial charge is 0.480 e. The maximum atomic E-state index is 12.0. The predicted molar refractivity (Wildman–Crippen MR) is 61.0 cm³/mol. The molecule has 1 fully saturated rings. The van der Waals surface area contributed by atoms with Gasteiger partial charge in [-0.2, -0.15) is 0 Å². The number of amides is 1. The molecule has 1 rings (SSSR count). The minimum Gasteiger partial charge on any atom is -0.480 e. The molecule has 0 aromatic rings. The third-order valence-corrected chi connectivity index (χ3v) is 2.90. The molecule has 1 amide bonds. The molecule has 1 heterocycles. The van der Waals surface area contributed by atoms with Gasteiger partial charge >= 0.3 is 5.97 Å². The zero-order chi connectivity index (χ0) is 12.3. The van der Waals surface area contributed by atoms with E-state index in [9.17, 15) is 9.59 Å². The second-order valence-corrected chi connectivity index (χ2v) is 4.59. The molecule has 1 aliphatic rings. The lowest BCUT2D eigenvalue weighted by Crippen LogP contribution is -2.43. The van der Waals surface area contributed by atoms with Crippen LogP contribution >= 0.6 is 0 Å². The fourth-order valence-electron chi connectivity index (χ4n) is 2.18. The average Bonchev–Trinajstić information content (AvgIpc) is 2.63. The van der Waals surface area contributed by atoms with Crippen LogP contribution in [0.3, 0.4) is 0 Å². The average molecular weight is 225 g/mol. The number of allylic oxidation sites excluding steroid dienone is 1. The van der Waals surface area contributed by atoms with Crippen molar-refractivity contribution in [3.63, 3.8) is 0 Å². The van der Waals surface area contributed by atoms with E-state index < -0.39 is 12.0 Å². The maximum Gasteiger partial charge on any atom is 0.326 e. The molecule has 1 saturated heterocycles. The lowest BCUT2D eigenvalue weighted by atomic mass is 10.0. The minimum atomic E-state index is -0.895. The second kappa shape index (κ2) is 5.14. The number of aliphatic carboxylic acids is 1. The van der Waals surface area contributed by atoms with Crippen LogP contribution in [0, 0.1) is 5.92 Å². The molecular formula is C12H19NO3. The Morgan fingerprint density at radius 3 is 2.69 bits per heavy atom. The van der Waals surface area contributed by atoms with Crippen LogP contribution in [0.4, 0.5) is 0 Å². The second-order valence-electron chi connectivity index (χ2n) is 4.59. The van der Waals surface area contributed by atoms with Crippen molar-refractivity contribution in [2.45, 2.75) is 39.2 Å². The van der Waals surface area contributed by atoms with E-state index >= 15 is 0 Å². The van der Waals surface area contributed by atoms with Gasteiger partial charge in [0, 0.05) is 12.5 Å². The van der Waals surface area contributed by atoms with E-state index in [0.29, 0.717) is 19.4 Å². The topological polar surface area (TPSA) is 57.6 Å². The maximum absolute atomic E-state index is 12.0. The van der Waals surface area contributed by atoms with Crippen LogP contribution in [0.1, 0.15) is 33.1 Å². The Labute approximate surface area is 95.9 Å². The normalized spacial score (nSPS) is 21.9. The van der Waals surface area contributed by atoms with Gasteiger partial charge in [0.25, 0.3) is 0 Å². The molecule has 4 nitrogen and oxygen atoms in total. The highest BCUT2D eigenvalue weighted by Gasteiger charge is 2.35. The summed E-state index contributed by atoms with van der Waals surface area (Å²) in [5.41, 5.74) is 0.951. The van der Waals surface area contributed by atoms with Gasteiger partial charge < -0.3 is 10.0 Å². The van der Waals surface area contributed by atoms with Gasteiger partial charge in [-0.05, 0) is 26.2 Å². The molecule has 0 aromatic carbocycles. The molecule has 4 heteroatoms. The SMILES string of the molecule is C=C(C)CC(C)C(=O)N1CCC[C@@H]1C(=O)O. The molecule has 0 saturated carbocycles. The Bertz CT molecular complexity index is 311. The van der Waals surface area contributed by atoms with Crippen LogP contribution < -0.4 is 0 Å².